The van der Waals surface area contributed by atoms with E-state index in [1.807, 2.05) is 24.3 Å². The Balaban J connectivity index is 2.03. The highest BCUT2D eigenvalue weighted by molar-refractivity contribution is 8.15. The van der Waals surface area contributed by atoms with Gasteiger partial charge in [-0.1, -0.05) is 18.2 Å². The van der Waals surface area contributed by atoms with Crippen molar-refractivity contribution < 1.29 is 14.1 Å². The van der Waals surface area contributed by atoms with Gasteiger partial charge in [0.1, 0.15) is 10.7 Å². The van der Waals surface area contributed by atoms with Crippen molar-refractivity contribution in [2.75, 3.05) is 0 Å². The molecule has 1 aromatic carbocycles. The molecule has 0 atom stereocenters. The van der Waals surface area contributed by atoms with Gasteiger partial charge in [-0.3, -0.25) is 14.9 Å². The van der Waals surface area contributed by atoms with Crippen LogP contribution >= 0.6 is 11.8 Å². The summed E-state index contributed by atoms with van der Waals surface area (Å²) in [6.07, 6.45) is 1.54. The second-order valence-electron chi connectivity index (χ2n) is 3.88. The van der Waals surface area contributed by atoms with Crippen LogP contribution in [0.2, 0.25) is 0 Å². The zero-order chi connectivity index (χ0) is 13.4. The molecule has 1 aliphatic rings. The predicted octanol–water partition coefficient (Wildman–Crippen LogP) is 3.36. The number of fused-ring (bicyclic) bond motifs is 1. The van der Waals surface area contributed by atoms with Gasteiger partial charge in [-0.05, 0) is 30.0 Å². The van der Waals surface area contributed by atoms with Crippen molar-refractivity contribution in [1.29, 1.82) is 0 Å². The van der Waals surface area contributed by atoms with Crippen LogP contribution in [0.4, 0.5) is 5.88 Å². The number of nitrogens with zero attached hydrogens (tertiary/aromatic N) is 1. The lowest BCUT2D eigenvalue weighted by atomic mass is 10.1. The van der Waals surface area contributed by atoms with E-state index in [9.17, 15) is 14.9 Å². The first-order chi connectivity index (χ1) is 9.15. The van der Waals surface area contributed by atoms with Crippen LogP contribution in [0, 0.1) is 10.1 Å². The van der Waals surface area contributed by atoms with Gasteiger partial charge in [0.15, 0.2) is 0 Å². The number of hydrogen-bond acceptors (Lipinski definition) is 5. The molecule has 0 fully saturated rings. The highest BCUT2D eigenvalue weighted by Gasteiger charge is 2.25. The predicted molar refractivity (Wildman–Crippen MR) is 70.5 cm³/mol. The van der Waals surface area contributed by atoms with Crippen molar-refractivity contribution in [3.8, 4) is 0 Å². The van der Waals surface area contributed by atoms with E-state index in [1.54, 1.807) is 0 Å². The summed E-state index contributed by atoms with van der Waals surface area (Å²) in [4.78, 5) is 22.7. The first-order valence-electron chi connectivity index (χ1n) is 5.42. The molecule has 19 heavy (non-hydrogen) atoms. The molecule has 0 bridgehead atoms. The number of carbonyl (C=O) groups is 1. The molecule has 0 amide bonds. The minimum atomic E-state index is -0.610. The third-order valence-corrected chi connectivity index (χ3v) is 3.66. The summed E-state index contributed by atoms with van der Waals surface area (Å²) in [7, 11) is 0. The van der Waals surface area contributed by atoms with E-state index in [4.69, 9.17) is 4.42 Å². The monoisotopic (exact) mass is 273 g/mol. The molecule has 3 rings (SSSR count). The highest BCUT2D eigenvalue weighted by Crippen LogP contribution is 2.41. The van der Waals surface area contributed by atoms with Gasteiger partial charge in [0.2, 0.25) is 5.12 Å². The van der Waals surface area contributed by atoms with Crippen LogP contribution in [-0.2, 0) is 4.79 Å². The summed E-state index contributed by atoms with van der Waals surface area (Å²) in [6, 6.07) is 10.2. The zero-order valence-electron chi connectivity index (χ0n) is 9.53. The van der Waals surface area contributed by atoms with Crippen LogP contribution in [0.15, 0.2) is 45.7 Å². The average Bonchev–Trinajstić information content (AvgIpc) is 2.96. The molecule has 0 spiro atoms. The summed E-state index contributed by atoms with van der Waals surface area (Å²) in [5, 5.41) is 10.5. The van der Waals surface area contributed by atoms with Crippen molar-refractivity contribution in [2.24, 2.45) is 0 Å². The molecule has 0 unspecified atom stereocenters. The molecule has 5 nitrogen and oxygen atoms in total. The van der Waals surface area contributed by atoms with Crippen LogP contribution in [0.1, 0.15) is 11.3 Å². The van der Waals surface area contributed by atoms with E-state index >= 15 is 0 Å². The molecule has 2 aromatic rings. The van der Waals surface area contributed by atoms with E-state index in [1.165, 1.54) is 18.2 Å². The van der Waals surface area contributed by atoms with Gasteiger partial charge in [-0.25, -0.2) is 0 Å². The van der Waals surface area contributed by atoms with E-state index in [0.29, 0.717) is 11.3 Å². The molecular weight excluding hydrogens is 266 g/mol. The molecule has 0 saturated heterocycles. The fourth-order valence-corrected chi connectivity index (χ4v) is 2.75. The fraction of sp³-hybridized carbons (Fsp3) is 0. The van der Waals surface area contributed by atoms with Crippen molar-refractivity contribution >= 4 is 34.4 Å². The first kappa shape index (κ1) is 11.7. The summed E-state index contributed by atoms with van der Waals surface area (Å²) >= 11 is 1.15. The number of furan rings is 1. The lowest BCUT2D eigenvalue weighted by Crippen LogP contribution is -1.87. The summed E-state index contributed by atoms with van der Waals surface area (Å²) < 4.78 is 5.03. The molecular formula is C13H7NO4S. The second kappa shape index (κ2) is 4.40. The van der Waals surface area contributed by atoms with Gasteiger partial charge in [-0.15, -0.1) is 0 Å². The number of rotatable bonds is 2. The quantitative estimate of drug-likeness (QED) is 0.476. The van der Waals surface area contributed by atoms with Gasteiger partial charge in [0, 0.05) is 16.0 Å². The molecule has 1 aromatic heterocycles. The lowest BCUT2D eigenvalue weighted by Gasteiger charge is -1.96. The van der Waals surface area contributed by atoms with Crippen LogP contribution in [0.5, 0.6) is 0 Å². The minimum Gasteiger partial charge on any atom is -0.401 e. The number of nitro groups is 1. The maximum Gasteiger partial charge on any atom is 0.433 e. The average molecular weight is 273 g/mol. The number of hydrogen-bond donors (Lipinski definition) is 0. The maximum absolute atomic E-state index is 11.9. The van der Waals surface area contributed by atoms with E-state index in [-0.39, 0.29) is 11.0 Å². The molecule has 0 aliphatic carbocycles. The fourth-order valence-electron chi connectivity index (χ4n) is 1.84. The third-order valence-electron chi connectivity index (χ3n) is 2.68. The Morgan fingerprint density at radius 2 is 2.00 bits per heavy atom. The second-order valence-corrected chi connectivity index (χ2v) is 4.89. The smallest absolute Gasteiger partial charge is 0.401 e. The Labute approximate surface area is 112 Å². The van der Waals surface area contributed by atoms with E-state index in [2.05, 4.69) is 0 Å². The molecule has 1 aliphatic heterocycles. The Hall–Kier alpha value is -2.34. The number of benzene rings is 1. The normalized spacial score (nSPS) is 15.8. The van der Waals surface area contributed by atoms with Gasteiger partial charge >= 0.3 is 5.88 Å². The van der Waals surface area contributed by atoms with Crippen LogP contribution in [0.3, 0.4) is 0 Å². The molecule has 0 saturated carbocycles. The van der Waals surface area contributed by atoms with E-state index in [0.717, 1.165) is 22.2 Å². The van der Waals surface area contributed by atoms with Crippen molar-refractivity contribution in [1.82, 2.24) is 0 Å². The Bertz CT molecular complexity index is 717. The van der Waals surface area contributed by atoms with Gasteiger partial charge in [-0.2, -0.15) is 0 Å². The molecule has 0 radical (unpaired) electrons. The summed E-state index contributed by atoms with van der Waals surface area (Å²) in [5.74, 6) is -0.0365. The van der Waals surface area contributed by atoms with Gasteiger partial charge in [0.05, 0.1) is 6.07 Å². The van der Waals surface area contributed by atoms with Gasteiger partial charge < -0.3 is 4.42 Å². The number of carbonyl (C=O) groups excluding carboxylic acids is 1. The topological polar surface area (TPSA) is 73.3 Å². The highest BCUT2D eigenvalue weighted by atomic mass is 32.2. The minimum absolute atomic E-state index is 0.0831. The van der Waals surface area contributed by atoms with Crippen molar-refractivity contribution in [3.05, 3.63) is 57.8 Å². The first-order valence-corrected chi connectivity index (χ1v) is 6.24. The van der Waals surface area contributed by atoms with Gasteiger partial charge in [0.25, 0.3) is 0 Å². The van der Waals surface area contributed by atoms with Crippen LogP contribution < -0.4 is 0 Å². The molecule has 6 heteroatoms. The Kier molecular flexibility index (Phi) is 2.72. The SMILES string of the molecule is O=C1Sc2ccccc2/C1=C/c1ccc([N+](=O)[O-])o1. The Morgan fingerprint density at radius 1 is 1.21 bits per heavy atom. The third kappa shape index (κ3) is 2.06. The largest absolute Gasteiger partial charge is 0.433 e. The molecule has 94 valence electrons. The molecule has 2 heterocycles. The Morgan fingerprint density at radius 3 is 2.74 bits per heavy atom. The zero-order valence-corrected chi connectivity index (χ0v) is 10.3. The summed E-state index contributed by atoms with van der Waals surface area (Å²) in [6.45, 7) is 0. The maximum atomic E-state index is 11.9. The standard InChI is InChI=1S/C13H7NO4S/c15-13-10(9-3-1-2-4-11(9)19-13)7-8-5-6-12(18-8)14(16)17/h1-7H/b10-7-. The summed E-state index contributed by atoms with van der Waals surface area (Å²) in [5.41, 5.74) is 1.33. The van der Waals surface area contributed by atoms with Crippen molar-refractivity contribution in [3.63, 3.8) is 0 Å². The number of thioether (sulfide) groups is 1. The molecule has 0 N–H and O–H groups in total. The van der Waals surface area contributed by atoms with Crippen molar-refractivity contribution in [2.45, 2.75) is 4.90 Å². The van der Waals surface area contributed by atoms with Crippen LogP contribution in [0.25, 0.3) is 11.6 Å². The lowest BCUT2D eigenvalue weighted by molar-refractivity contribution is -0.402. The van der Waals surface area contributed by atoms with E-state index < -0.39 is 4.92 Å². The van der Waals surface area contributed by atoms with Crippen LogP contribution in [-0.4, -0.2) is 10.0 Å².